The molecule has 2 aliphatic heterocycles. The van der Waals surface area contributed by atoms with Crippen molar-refractivity contribution in [3.63, 3.8) is 0 Å². The van der Waals surface area contributed by atoms with Gasteiger partial charge in [-0.1, -0.05) is 0 Å². The van der Waals surface area contributed by atoms with E-state index in [9.17, 15) is 9.59 Å². The van der Waals surface area contributed by atoms with E-state index in [1.807, 2.05) is 4.90 Å². The van der Waals surface area contributed by atoms with E-state index in [-0.39, 0.29) is 24.7 Å². The molecular formula is C13H22N2O5. The lowest BCUT2D eigenvalue weighted by Gasteiger charge is -2.33. The average molecular weight is 286 g/mol. The minimum Gasteiger partial charge on any atom is -0.480 e. The number of carboxylic acid groups (broad SMARTS) is 1. The van der Waals surface area contributed by atoms with Gasteiger partial charge in [0.1, 0.15) is 6.61 Å². The normalized spacial score (nSPS) is 24.6. The monoisotopic (exact) mass is 286 g/mol. The van der Waals surface area contributed by atoms with Crippen LogP contribution in [-0.4, -0.2) is 73.5 Å². The third-order valence-corrected chi connectivity index (χ3v) is 3.66. The van der Waals surface area contributed by atoms with E-state index in [4.69, 9.17) is 14.6 Å². The fourth-order valence-electron chi connectivity index (χ4n) is 2.55. The van der Waals surface area contributed by atoms with Gasteiger partial charge in [-0.05, 0) is 12.8 Å². The Balaban J connectivity index is 1.67. The predicted octanol–water partition coefficient (Wildman–Crippen LogP) is -0.543. The number of nitrogens with one attached hydrogen (secondary N) is 1. The lowest BCUT2D eigenvalue weighted by molar-refractivity contribution is -0.147. The van der Waals surface area contributed by atoms with Crippen LogP contribution in [0.3, 0.4) is 0 Å². The maximum absolute atomic E-state index is 12.1. The second-order valence-electron chi connectivity index (χ2n) is 5.21. The molecule has 114 valence electrons. The number of piperidine rings is 1. The summed E-state index contributed by atoms with van der Waals surface area (Å²) in [6, 6.07) is 0.109. The Morgan fingerprint density at radius 2 is 2.10 bits per heavy atom. The Bertz CT molecular complexity index is 336. The van der Waals surface area contributed by atoms with Crippen LogP contribution in [-0.2, 0) is 19.1 Å². The predicted molar refractivity (Wildman–Crippen MR) is 70.4 cm³/mol. The Morgan fingerprint density at radius 3 is 2.70 bits per heavy atom. The van der Waals surface area contributed by atoms with Crippen LogP contribution in [0.25, 0.3) is 0 Å². The maximum atomic E-state index is 12.1. The van der Waals surface area contributed by atoms with E-state index < -0.39 is 5.97 Å². The van der Waals surface area contributed by atoms with E-state index in [2.05, 4.69) is 5.32 Å². The van der Waals surface area contributed by atoms with Gasteiger partial charge in [-0.3, -0.25) is 4.79 Å². The number of nitrogens with zero attached hydrogens (tertiary/aromatic N) is 1. The highest BCUT2D eigenvalue weighted by Crippen LogP contribution is 2.15. The van der Waals surface area contributed by atoms with E-state index in [0.29, 0.717) is 45.6 Å². The zero-order valence-electron chi connectivity index (χ0n) is 11.5. The molecule has 0 aromatic carbocycles. The van der Waals surface area contributed by atoms with E-state index >= 15 is 0 Å². The summed E-state index contributed by atoms with van der Waals surface area (Å²) in [7, 11) is 0. The molecule has 2 fully saturated rings. The first-order valence-electron chi connectivity index (χ1n) is 7.07. The molecule has 0 aromatic heterocycles. The van der Waals surface area contributed by atoms with Crippen LogP contribution >= 0.6 is 0 Å². The maximum Gasteiger partial charge on any atom is 0.329 e. The molecule has 2 heterocycles. The molecule has 7 nitrogen and oxygen atoms in total. The number of hydrogen-bond acceptors (Lipinski definition) is 5. The van der Waals surface area contributed by atoms with Gasteiger partial charge in [-0.25, -0.2) is 4.79 Å². The molecule has 0 radical (unpaired) electrons. The number of carbonyl (C=O) groups is 2. The zero-order chi connectivity index (χ0) is 14.4. The van der Waals surface area contributed by atoms with Crippen molar-refractivity contribution in [1.82, 2.24) is 10.2 Å². The SMILES string of the molecule is O=C(O)COC1CCN(C(=O)CC2COCCN2)CC1. The summed E-state index contributed by atoms with van der Waals surface area (Å²) < 4.78 is 10.6. The Morgan fingerprint density at radius 1 is 1.35 bits per heavy atom. The molecule has 2 aliphatic rings. The van der Waals surface area contributed by atoms with Crippen molar-refractivity contribution in [2.24, 2.45) is 0 Å². The Hall–Kier alpha value is -1.18. The largest absolute Gasteiger partial charge is 0.480 e. The van der Waals surface area contributed by atoms with Crippen LogP contribution in [0.4, 0.5) is 0 Å². The fourth-order valence-corrected chi connectivity index (χ4v) is 2.55. The molecule has 20 heavy (non-hydrogen) atoms. The smallest absolute Gasteiger partial charge is 0.329 e. The van der Waals surface area contributed by atoms with Gasteiger partial charge in [0.15, 0.2) is 0 Å². The number of ether oxygens (including phenoxy) is 2. The molecule has 0 spiro atoms. The molecular weight excluding hydrogens is 264 g/mol. The van der Waals surface area contributed by atoms with E-state index in [0.717, 1.165) is 6.54 Å². The third kappa shape index (κ3) is 4.73. The molecule has 0 bridgehead atoms. The van der Waals surface area contributed by atoms with Crippen LogP contribution in [0.15, 0.2) is 0 Å². The highest BCUT2D eigenvalue weighted by molar-refractivity contribution is 5.77. The van der Waals surface area contributed by atoms with Crippen molar-refractivity contribution < 1.29 is 24.2 Å². The first-order chi connectivity index (χ1) is 9.65. The van der Waals surface area contributed by atoms with Crippen LogP contribution in [0.5, 0.6) is 0 Å². The standard InChI is InChI=1S/C13H22N2O5/c16-12(7-10-8-19-6-3-14-10)15-4-1-11(2-5-15)20-9-13(17)18/h10-11,14H,1-9H2,(H,17,18). The van der Waals surface area contributed by atoms with Crippen LogP contribution in [0.2, 0.25) is 0 Å². The number of morpholine rings is 1. The third-order valence-electron chi connectivity index (χ3n) is 3.66. The van der Waals surface area contributed by atoms with Gasteiger partial charge >= 0.3 is 5.97 Å². The van der Waals surface area contributed by atoms with Gasteiger partial charge in [-0.2, -0.15) is 0 Å². The van der Waals surface area contributed by atoms with Crippen LogP contribution in [0, 0.1) is 0 Å². The number of carbonyl (C=O) groups excluding carboxylic acids is 1. The number of likely N-dealkylation sites (tertiary alicyclic amines) is 1. The summed E-state index contributed by atoms with van der Waals surface area (Å²) in [6.07, 6.45) is 1.81. The summed E-state index contributed by atoms with van der Waals surface area (Å²) in [5, 5.41) is 11.8. The number of carboxylic acids is 1. The summed E-state index contributed by atoms with van der Waals surface area (Å²) in [5.41, 5.74) is 0. The van der Waals surface area contributed by atoms with Crippen molar-refractivity contribution in [1.29, 1.82) is 0 Å². The van der Waals surface area contributed by atoms with Crippen LogP contribution < -0.4 is 5.32 Å². The van der Waals surface area contributed by atoms with Crippen molar-refractivity contribution in [3.8, 4) is 0 Å². The zero-order valence-corrected chi connectivity index (χ0v) is 11.5. The first kappa shape index (κ1) is 15.2. The molecule has 1 unspecified atom stereocenters. The molecule has 0 aromatic rings. The van der Waals surface area contributed by atoms with Gasteiger partial charge in [0.2, 0.25) is 5.91 Å². The van der Waals surface area contributed by atoms with Gasteiger partial charge in [0, 0.05) is 32.1 Å². The van der Waals surface area contributed by atoms with E-state index in [1.54, 1.807) is 0 Å². The fraction of sp³-hybridized carbons (Fsp3) is 0.846. The highest BCUT2D eigenvalue weighted by atomic mass is 16.5. The Labute approximate surface area is 118 Å². The topological polar surface area (TPSA) is 88.1 Å². The number of aliphatic carboxylic acids is 1. The average Bonchev–Trinajstić information content (AvgIpc) is 2.46. The number of hydrogen-bond donors (Lipinski definition) is 2. The molecule has 0 saturated carbocycles. The summed E-state index contributed by atoms with van der Waals surface area (Å²) in [4.78, 5) is 24.4. The van der Waals surface area contributed by atoms with Gasteiger partial charge in [0.25, 0.3) is 0 Å². The highest BCUT2D eigenvalue weighted by Gasteiger charge is 2.26. The van der Waals surface area contributed by atoms with Crippen molar-refractivity contribution >= 4 is 11.9 Å². The van der Waals surface area contributed by atoms with Crippen molar-refractivity contribution in [2.75, 3.05) is 39.5 Å². The van der Waals surface area contributed by atoms with Gasteiger partial charge in [0.05, 0.1) is 19.3 Å². The van der Waals surface area contributed by atoms with Gasteiger partial charge < -0.3 is 24.8 Å². The lowest BCUT2D eigenvalue weighted by Crippen LogP contribution is -2.47. The lowest BCUT2D eigenvalue weighted by atomic mass is 10.1. The Kier molecular flexibility index (Phi) is 5.75. The number of amides is 1. The molecule has 7 heteroatoms. The second kappa shape index (κ2) is 7.56. The van der Waals surface area contributed by atoms with Crippen molar-refractivity contribution in [3.05, 3.63) is 0 Å². The number of rotatable bonds is 5. The summed E-state index contributed by atoms with van der Waals surface area (Å²) in [5.74, 6) is -0.823. The van der Waals surface area contributed by atoms with E-state index in [1.165, 1.54) is 0 Å². The summed E-state index contributed by atoms with van der Waals surface area (Å²) >= 11 is 0. The quantitative estimate of drug-likeness (QED) is 0.705. The molecule has 2 N–H and O–H groups in total. The molecule has 0 aliphatic carbocycles. The second-order valence-corrected chi connectivity index (χ2v) is 5.21. The molecule has 1 amide bonds. The molecule has 1 atom stereocenters. The first-order valence-corrected chi connectivity index (χ1v) is 7.07. The minimum absolute atomic E-state index is 0.0497. The van der Waals surface area contributed by atoms with Gasteiger partial charge in [-0.15, -0.1) is 0 Å². The van der Waals surface area contributed by atoms with Crippen molar-refractivity contribution in [2.45, 2.75) is 31.4 Å². The molecule has 2 rings (SSSR count). The van der Waals surface area contributed by atoms with Crippen LogP contribution in [0.1, 0.15) is 19.3 Å². The summed E-state index contributed by atoms with van der Waals surface area (Å²) in [6.45, 7) is 3.10. The minimum atomic E-state index is -0.952. The molecule has 2 saturated heterocycles.